The maximum atomic E-state index is 11.0. The molecule has 12 nitrogen and oxygen atoms in total. The molecule has 5 atom stereocenters. The number of aliphatic hydroxyl groups is 4. The number of aromatic nitrogens is 2. The number of benzene rings is 1. The number of H-pyrrole nitrogens is 1. The summed E-state index contributed by atoms with van der Waals surface area (Å²) in [5.41, 5.74) is 7.76. The van der Waals surface area contributed by atoms with Gasteiger partial charge in [0.05, 0.1) is 13.2 Å². The quantitative estimate of drug-likeness (QED) is 0.229. The molecule has 0 bridgehead atoms. The molecule has 7 N–H and O–H groups in total. The predicted molar refractivity (Wildman–Crippen MR) is 129 cm³/mol. The van der Waals surface area contributed by atoms with E-state index >= 15 is 0 Å². The van der Waals surface area contributed by atoms with Gasteiger partial charge in [-0.3, -0.25) is 5.10 Å². The fraction of sp³-hybridized carbons (Fsp3) is 0.583. The van der Waals surface area contributed by atoms with E-state index in [4.69, 9.17) is 19.9 Å². The molecule has 0 radical (unpaired) electrons. The molecule has 0 spiro atoms. The van der Waals surface area contributed by atoms with E-state index in [1.165, 1.54) is 4.90 Å². The average Bonchev–Trinajstić information content (AvgIpc) is 3.25. The highest BCUT2D eigenvalue weighted by Gasteiger charge is 2.45. The molecule has 0 unspecified atom stereocenters. The molecule has 1 fully saturated rings. The lowest BCUT2D eigenvalue weighted by Gasteiger charge is -2.39. The lowest BCUT2D eigenvalue weighted by molar-refractivity contribution is -0.278. The minimum absolute atomic E-state index is 0.0980. The van der Waals surface area contributed by atoms with Gasteiger partial charge in [-0.1, -0.05) is 26.0 Å². The Balaban J connectivity index is 1.67. The van der Waals surface area contributed by atoms with E-state index < -0.39 is 43.3 Å². The van der Waals surface area contributed by atoms with Crippen molar-refractivity contribution in [3.8, 4) is 11.6 Å². The number of carbonyl (C=O) groups excluding carboxylic acids is 1. The van der Waals surface area contributed by atoms with Gasteiger partial charge in [0.2, 0.25) is 12.2 Å². The summed E-state index contributed by atoms with van der Waals surface area (Å²) < 4.78 is 17.0. The van der Waals surface area contributed by atoms with Crippen molar-refractivity contribution < 1.29 is 39.4 Å². The molecule has 0 aliphatic carbocycles. The molecule has 12 heteroatoms. The van der Waals surface area contributed by atoms with Gasteiger partial charge >= 0.3 is 6.03 Å². The normalized spacial score (nSPS) is 24.1. The standard InChI is InChI=1S/C24H36N4O8/c1-13(2)18-16(11-14-5-7-15(8-6-14)34-10-4-9-28(3)24(25)33)22(27-26-18)36-23-21(32)20(31)19(30)17(12-29)35-23/h5-8,13,17,19-21,23,29-32H,4,9-12H2,1-3H3,(H2,25,33)(H,26,27)/t17-,19-,20+,21-,23+/m1/s1. The van der Waals surface area contributed by atoms with Gasteiger partial charge in [0.15, 0.2) is 0 Å². The smallest absolute Gasteiger partial charge is 0.314 e. The Kier molecular flexibility index (Phi) is 9.51. The average molecular weight is 509 g/mol. The van der Waals surface area contributed by atoms with E-state index in [0.29, 0.717) is 31.7 Å². The molecule has 2 heterocycles. The van der Waals surface area contributed by atoms with Crippen LogP contribution in [-0.2, 0) is 11.2 Å². The maximum absolute atomic E-state index is 11.0. The van der Waals surface area contributed by atoms with Crippen LogP contribution in [0, 0.1) is 0 Å². The number of nitrogens with two attached hydrogens (primary N) is 1. The Morgan fingerprint density at radius 2 is 1.89 bits per heavy atom. The van der Waals surface area contributed by atoms with Crippen LogP contribution in [0.4, 0.5) is 4.79 Å². The van der Waals surface area contributed by atoms with Crippen LogP contribution < -0.4 is 15.2 Å². The summed E-state index contributed by atoms with van der Waals surface area (Å²) in [5, 5.41) is 47.0. The van der Waals surface area contributed by atoms with Crippen LogP contribution in [0.25, 0.3) is 0 Å². The molecule has 1 aliphatic heterocycles. The van der Waals surface area contributed by atoms with E-state index in [-0.39, 0.29) is 11.8 Å². The van der Waals surface area contributed by atoms with Crippen molar-refractivity contribution in [1.82, 2.24) is 15.1 Å². The van der Waals surface area contributed by atoms with Gasteiger partial charge in [0, 0.05) is 31.3 Å². The van der Waals surface area contributed by atoms with Crippen molar-refractivity contribution >= 4 is 6.03 Å². The van der Waals surface area contributed by atoms with Gasteiger partial charge in [-0.2, -0.15) is 0 Å². The minimum atomic E-state index is -1.54. The maximum Gasteiger partial charge on any atom is 0.314 e. The largest absolute Gasteiger partial charge is 0.494 e. The molecular weight excluding hydrogens is 472 g/mol. The van der Waals surface area contributed by atoms with Gasteiger partial charge in [0.1, 0.15) is 30.2 Å². The van der Waals surface area contributed by atoms with E-state index in [1.807, 2.05) is 38.1 Å². The van der Waals surface area contributed by atoms with Crippen LogP contribution in [-0.4, -0.2) is 99.1 Å². The third kappa shape index (κ3) is 6.65. The van der Waals surface area contributed by atoms with E-state index in [1.54, 1.807) is 7.05 Å². The van der Waals surface area contributed by atoms with Crippen LogP contribution in [0.2, 0.25) is 0 Å². The molecule has 2 aromatic rings. The summed E-state index contributed by atoms with van der Waals surface area (Å²) in [4.78, 5) is 12.5. The van der Waals surface area contributed by atoms with E-state index in [2.05, 4.69) is 10.2 Å². The Morgan fingerprint density at radius 1 is 1.19 bits per heavy atom. The summed E-state index contributed by atoms with van der Waals surface area (Å²) in [7, 11) is 1.63. The topological polar surface area (TPSA) is 184 Å². The Bertz CT molecular complexity index is 981. The first-order valence-electron chi connectivity index (χ1n) is 11.9. The number of aliphatic hydroxyl groups excluding tert-OH is 4. The van der Waals surface area contributed by atoms with Gasteiger partial charge in [-0.25, -0.2) is 4.79 Å². The zero-order valence-corrected chi connectivity index (χ0v) is 20.7. The van der Waals surface area contributed by atoms with Crippen LogP contribution in [0.3, 0.4) is 0 Å². The van der Waals surface area contributed by atoms with Crippen molar-refractivity contribution in [2.75, 3.05) is 26.8 Å². The number of urea groups is 1. The lowest BCUT2D eigenvalue weighted by Crippen LogP contribution is -2.60. The lowest BCUT2D eigenvalue weighted by atomic mass is 9.98. The highest BCUT2D eigenvalue weighted by atomic mass is 16.7. The van der Waals surface area contributed by atoms with Crippen molar-refractivity contribution in [3.05, 3.63) is 41.1 Å². The highest BCUT2D eigenvalue weighted by molar-refractivity contribution is 5.71. The third-order valence-corrected chi connectivity index (χ3v) is 6.10. The third-order valence-electron chi connectivity index (χ3n) is 6.10. The van der Waals surface area contributed by atoms with Crippen LogP contribution in [0.1, 0.15) is 43.0 Å². The number of aromatic amines is 1. The molecule has 36 heavy (non-hydrogen) atoms. The number of primary amides is 1. The first-order valence-corrected chi connectivity index (χ1v) is 11.9. The number of nitrogens with zero attached hydrogens (tertiary/aromatic N) is 2. The number of hydrogen-bond donors (Lipinski definition) is 6. The number of rotatable bonds is 11. The summed E-state index contributed by atoms with van der Waals surface area (Å²) in [6, 6.07) is 7.05. The molecule has 200 valence electrons. The van der Waals surface area contributed by atoms with Gasteiger partial charge in [-0.05, 0) is 30.0 Å². The summed E-state index contributed by atoms with van der Waals surface area (Å²) in [6.45, 7) is 4.39. The summed E-state index contributed by atoms with van der Waals surface area (Å²) in [5.74, 6) is 0.984. The zero-order valence-electron chi connectivity index (χ0n) is 20.7. The van der Waals surface area contributed by atoms with Crippen molar-refractivity contribution in [3.63, 3.8) is 0 Å². The van der Waals surface area contributed by atoms with Gasteiger partial charge in [0.25, 0.3) is 0 Å². The number of carbonyl (C=O) groups is 1. The van der Waals surface area contributed by atoms with Crippen molar-refractivity contribution in [1.29, 1.82) is 0 Å². The molecular formula is C24H36N4O8. The van der Waals surface area contributed by atoms with Crippen LogP contribution >= 0.6 is 0 Å². The SMILES string of the molecule is CC(C)c1[nH]nc(O[C@@H]2O[C@H](CO)[C@@H](O)[C@H](O)[C@H]2O)c1Cc1ccc(OCCCN(C)C(N)=O)cc1. The van der Waals surface area contributed by atoms with Crippen LogP contribution in [0.5, 0.6) is 11.6 Å². The molecule has 1 saturated heterocycles. The highest BCUT2D eigenvalue weighted by Crippen LogP contribution is 2.31. The Morgan fingerprint density at radius 3 is 2.50 bits per heavy atom. The van der Waals surface area contributed by atoms with E-state index in [9.17, 15) is 25.2 Å². The van der Waals surface area contributed by atoms with E-state index in [0.717, 1.165) is 16.8 Å². The van der Waals surface area contributed by atoms with Crippen molar-refractivity contribution in [2.24, 2.45) is 5.73 Å². The van der Waals surface area contributed by atoms with Crippen molar-refractivity contribution in [2.45, 2.75) is 63.3 Å². The Labute approximate surface area is 209 Å². The monoisotopic (exact) mass is 508 g/mol. The number of nitrogens with one attached hydrogen (secondary N) is 1. The van der Waals surface area contributed by atoms with Gasteiger partial charge in [-0.15, -0.1) is 5.10 Å². The Hall–Kier alpha value is -2.90. The fourth-order valence-corrected chi connectivity index (χ4v) is 3.89. The first kappa shape index (κ1) is 27.7. The first-order chi connectivity index (χ1) is 17.1. The second-order valence-electron chi connectivity index (χ2n) is 9.17. The number of amides is 2. The second kappa shape index (κ2) is 12.4. The predicted octanol–water partition coefficient (Wildman–Crippen LogP) is 0.0820. The zero-order chi connectivity index (χ0) is 26.4. The molecule has 0 saturated carbocycles. The fourth-order valence-electron chi connectivity index (χ4n) is 3.89. The van der Waals surface area contributed by atoms with Crippen LogP contribution in [0.15, 0.2) is 24.3 Å². The minimum Gasteiger partial charge on any atom is -0.494 e. The van der Waals surface area contributed by atoms with Gasteiger partial charge < -0.3 is 45.3 Å². The molecule has 2 amide bonds. The second-order valence-corrected chi connectivity index (χ2v) is 9.17. The summed E-state index contributed by atoms with van der Waals surface area (Å²) in [6.07, 6.45) is -5.85. The molecule has 1 aromatic heterocycles. The molecule has 1 aromatic carbocycles. The molecule has 1 aliphatic rings. The number of hydrogen-bond acceptors (Lipinski definition) is 9. The molecule has 3 rings (SSSR count). The summed E-state index contributed by atoms with van der Waals surface area (Å²) >= 11 is 0. The number of ether oxygens (including phenoxy) is 3.